The summed E-state index contributed by atoms with van der Waals surface area (Å²) in [7, 11) is -3.16. The van der Waals surface area contributed by atoms with Gasteiger partial charge in [-0.15, -0.1) is 0 Å². The topological polar surface area (TPSA) is 72.9 Å². The Morgan fingerprint density at radius 1 is 1.17 bits per heavy atom. The Morgan fingerprint density at radius 3 is 2.34 bits per heavy atom. The quantitative estimate of drug-likeness (QED) is 0.612. The molecule has 1 heterocycles. The van der Waals surface area contributed by atoms with E-state index in [1.165, 1.54) is 19.1 Å². The number of carbonyl (C=O) groups is 1. The van der Waals surface area contributed by atoms with Crippen LogP contribution in [0.3, 0.4) is 0 Å². The van der Waals surface area contributed by atoms with Gasteiger partial charge in [-0.3, -0.25) is 0 Å². The number of rotatable bonds is 7. The Labute approximate surface area is 174 Å². The van der Waals surface area contributed by atoms with E-state index in [4.69, 9.17) is 9.47 Å². The first-order valence-corrected chi connectivity index (χ1v) is 12.4. The standard InChI is InChI=1S/C22H33NO5S/c1-17(2)28-21(24)23-12-10-22(11-13-23)15-18(16-22)5-4-14-27-19-6-8-20(9-7-19)29(3,25)26/h6-9,17-18H,4-5,10-16H2,1-3H3. The van der Waals surface area contributed by atoms with Crippen molar-refractivity contribution < 1.29 is 22.7 Å². The van der Waals surface area contributed by atoms with Crippen LogP contribution in [0.25, 0.3) is 0 Å². The number of amides is 1. The van der Waals surface area contributed by atoms with Crippen LogP contribution in [-0.4, -0.2) is 51.5 Å². The molecule has 3 rings (SSSR count). The molecule has 1 aliphatic carbocycles. The van der Waals surface area contributed by atoms with Crippen molar-refractivity contribution in [3.05, 3.63) is 24.3 Å². The predicted molar refractivity (Wildman–Crippen MR) is 112 cm³/mol. The number of carbonyl (C=O) groups excluding carboxylic acids is 1. The molecule has 1 amide bonds. The summed E-state index contributed by atoms with van der Waals surface area (Å²) in [4.78, 5) is 14.2. The van der Waals surface area contributed by atoms with Gasteiger partial charge in [-0.1, -0.05) is 0 Å². The van der Waals surface area contributed by atoms with Crippen LogP contribution < -0.4 is 4.74 Å². The van der Waals surface area contributed by atoms with Gasteiger partial charge in [0.2, 0.25) is 0 Å². The van der Waals surface area contributed by atoms with Crippen LogP contribution in [0.5, 0.6) is 5.75 Å². The largest absolute Gasteiger partial charge is 0.494 e. The fourth-order valence-corrected chi connectivity index (χ4v) is 5.19. The van der Waals surface area contributed by atoms with E-state index in [0.29, 0.717) is 22.7 Å². The third-order valence-electron chi connectivity index (χ3n) is 6.14. The average Bonchev–Trinajstić information content (AvgIpc) is 2.63. The lowest BCUT2D eigenvalue weighted by molar-refractivity contribution is -0.0203. The highest BCUT2D eigenvalue weighted by atomic mass is 32.2. The normalized spacial score (nSPS) is 19.2. The minimum Gasteiger partial charge on any atom is -0.494 e. The van der Waals surface area contributed by atoms with Crippen molar-refractivity contribution in [1.29, 1.82) is 0 Å². The molecule has 0 atom stereocenters. The molecule has 0 bridgehead atoms. The molecule has 7 heteroatoms. The van der Waals surface area contributed by atoms with Gasteiger partial charge >= 0.3 is 6.09 Å². The molecule has 1 aromatic carbocycles. The lowest BCUT2D eigenvalue weighted by Crippen LogP contribution is -2.49. The molecule has 0 aromatic heterocycles. The summed E-state index contributed by atoms with van der Waals surface area (Å²) in [6.07, 6.45) is 7.80. The summed E-state index contributed by atoms with van der Waals surface area (Å²) < 4.78 is 34.0. The molecular weight excluding hydrogens is 390 g/mol. The van der Waals surface area contributed by atoms with E-state index in [-0.39, 0.29) is 12.2 Å². The number of benzene rings is 1. The molecule has 2 fully saturated rings. The van der Waals surface area contributed by atoms with Gasteiger partial charge in [0.15, 0.2) is 9.84 Å². The van der Waals surface area contributed by atoms with Gasteiger partial charge in [-0.05, 0) is 88.0 Å². The van der Waals surface area contributed by atoms with Crippen LogP contribution in [0.4, 0.5) is 4.79 Å². The number of piperidine rings is 1. The molecule has 1 aromatic rings. The van der Waals surface area contributed by atoms with Crippen molar-refractivity contribution in [3.63, 3.8) is 0 Å². The number of hydrogen-bond acceptors (Lipinski definition) is 5. The first-order chi connectivity index (χ1) is 13.7. The fraction of sp³-hybridized carbons (Fsp3) is 0.682. The maximum atomic E-state index is 12.0. The van der Waals surface area contributed by atoms with Gasteiger partial charge in [-0.2, -0.15) is 0 Å². The number of nitrogens with zero attached hydrogens (tertiary/aromatic N) is 1. The lowest BCUT2D eigenvalue weighted by atomic mass is 9.56. The SMILES string of the molecule is CC(C)OC(=O)N1CCC2(CC1)CC(CCCOc1ccc(S(C)(=O)=O)cc1)C2. The van der Waals surface area contributed by atoms with Gasteiger partial charge in [0.25, 0.3) is 0 Å². The monoisotopic (exact) mass is 423 g/mol. The Balaban J connectivity index is 1.31. The predicted octanol–water partition coefficient (Wildman–Crippen LogP) is 4.29. The fourth-order valence-electron chi connectivity index (χ4n) is 4.56. The van der Waals surface area contributed by atoms with Gasteiger partial charge in [0.1, 0.15) is 5.75 Å². The first-order valence-electron chi connectivity index (χ1n) is 10.6. The van der Waals surface area contributed by atoms with Crippen LogP contribution in [0.1, 0.15) is 52.4 Å². The van der Waals surface area contributed by atoms with Crippen molar-refractivity contribution in [3.8, 4) is 5.75 Å². The molecule has 6 nitrogen and oxygen atoms in total. The maximum absolute atomic E-state index is 12.0. The summed E-state index contributed by atoms with van der Waals surface area (Å²) in [5.74, 6) is 1.46. The van der Waals surface area contributed by atoms with E-state index in [1.54, 1.807) is 24.3 Å². The number of sulfone groups is 1. The lowest BCUT2D eigenvalue weighted by Gasteiger charge is -2.52. The highest BCUT2D eigenvalue weighted by Crippen LogP contribution is 2.54. The molecular formula is C22H33NO5S. The second-order valence-corrected chi connectivity index (χ2v) is 10.9. The van der Waals surface area contributed by atoms with Crippen LogP contribution in [0.15, 0.2) is 29.2 Å². The van der Waals surface area contributed by atoms with E-state index < -0.39 is 9.84 Å². The average molecular weight is 424 g/mol. The van der Waals surface area contributed by atoms with Gasteiger partial charge < -0.3 is 14.4 Å². The van der Waals surface area contributed by atoms with Crippen LogP contribution in [0, 0.1) is 11.3 Å². The zero-order valence-corrected chi connectivity index (χ0v) is 18.5. The van der Waals surface area contributed by atoms with E-state index >= 15 is 0 Å². The molecule has 162 valence electrons. The molecule has 1 spiro atoms. The van der Waals surface area contributed by atoms with Crippen molar-refractivity contribution in [2.75, 3.05) is 26.0 Å². The second-order valence-electron chi connectivity index (χ2n) is 8.93. The van der Waals surface area contributed by atoms with E-state index in [1.807, 2.05) is 18.7 Å². The molecule has 0 radical (unpaired) electrons. The van der Waals surface area contributed by atoms with Crippen LogP contribution in [0.2, 0.25) is 0 Å². The number of hydrogen-bond donors (Lipinski definition) is 0. The van der Waals surface area contributed by atoms with Crippen LogP contribution >= 0.6 is 0 Å². The molecule has 2 aliphatic rings. The van der Waals surface area contributed by atoms with Crippen molar-refractivity contribution >= 4 is 15.9 Å². The third kappa shape index (κ3) is 5.87. The summed E-state index contributed by atoms with van der Waals surface area (Å²) in [6.45, 7) is 6.04. The van der Waals surface area contributed by atoms with Gasteiger partial charge in [0, 0.05) is 19.3 Å². The van der Waals surface area contributed by atoms with Crippen molar-refractivity contribution in [2.24, 2.45) is 11.3 Å². The summed E-state index contributed by atoms with van der Waals surface area (Å²) in [6, 6.07) is 6.60. The highest BCUT2D eigenvalue weighted by Gasteiger charge is 2.45. The Kier molecular flexibility index (Phi) is 6.76. The molecule has 29 heavy (non-hydrogen) atoms. The van der Waals surface area contributed by atoms with Crippen LogP contribution in [-0.2, 0) is 14.6 Å². The van der Waals surface area contributed by atoms with Gasteiger partial charge in [0.05, 0.1) is 17.6 Å². The third-order valence-corrected chi connectivity index (χ3v) is 7.27. The smallest absolute Gasteiger partial charge is 0.410 e. The Bertz CT molecular complexity index is 787. The Hall–Kier alpha value is -1.76. The summed E-state index contributed by atoms with van der Waals surface area (Å²) in [5.41, 5.74) is 0.432. The second kappa shape index (κ2) is 8.94. The molecule has 1 saturated heterocycles. The number of likely N-dealkylation sites (tertiary alicyclic amines) is 1. The zero-order valence-electron chi connectivity index (χ0n) is 17.7. The molecule has 0 N–H and O–H groups in total. The first kappa shape index (κ1) is 21.9. The van der Waals surface area contributed by atoms with Crippen molar-refractivity contribution in [1.82, 2.24) is 4.90 Å². The van der Waals surface area contributed by atoms with E-state index in [9.17, 15) is 13.2 Å². The van der Waals surface area contributed by atoms with Crippen molar-refractivity contribution in [2.45, 2.75) is 63.4 Å². The maximum Gasteiger partial charge on any atom is 0.410 e. The van der Waals surface area contributed by atoms with Gasteiger partial charge in [-0.25, -0.2) is 13.2 Å². The molecule has 0 unspecified atom stereocenters. The molecule has 1 saturated carbocycles. The zero-order chi connectivity index (χ0) is 21.1. The minimum absolute atomic E-state index is 0.0636. The molecule has 1 aliphatic heterocycles. The summed E-state index contributed by atoms with van der Waals surface area (Å²) in [5, 5.41) is 0. The Morgan fingerprint density at radius 2 is 1.79 bits per heavy atom. The van der Waals surface area contributed by atoms with E-state index in [2.05, 4.69) is 0 Å². The highest BCUT2D eigenvalue weighted by molar-refractivity contribution is 7.90. The summed E-state index contributed by atoms with van der Waals surface area (Å²) >= 11 is 0. The van der Waals surface area contributed by atoms with E-state index in [0.717, 1.165) is 44.7 Å². The number of ether oxygens (including phenoxy) is 2. The minimum atomic E-state index is -3.16.